The third-order valence-electron chi connectivity index (χ3n) is 2.17. The molecule has 14 heavy (non-hydrogen) atoms. The second kappa shape index (κ2) is 6.40. The number of carboxylic acid groups (broad SMARTS) is 1. The third-order valence-corrected chi connectivity index (χ3v) is 2.17. The number of carbonyl (C=O) groups is 2. The Kier molecular flexibility index (Phi) is 6.35. The molecule has 0 radical (unpaired) electrons. The van der Waals surface area contributed by atoms with Crippen LogP contribution < -0.4 is 34.7 Å². The monoisotopic (exact) mass is 208 g/mol. The number of carbonyl (C=O) groups excluding carboxylic acids is 2. The van der Waals surface area contributed by atoms with Crippen molar-refractivity contribution in [3.8, 4) is 0 Å². The molecule has 0 aromatic rings. The normalized spacial score (nSPS) is 17.4. The Morgan fingerprint density at radius 3 is 2.07 bits per heavy atom. The molecule has 0 N–H and O–H groups in total. The molecule has 0 aromatic heterocycles. The van der Waals surface area contributed by atoms with E-state index >= 15 is 0 Å². The Morgan fingerprint density at radius 2 is 1.71 bits per heavy atom. The SMILES string of the molecule is CC(=O)N1CCN(CC(=O)[O-])CC1.[Na+]. The summed E-state index contributed by atoms with van der Waals surface area (Å²) in [4.78, 5) is 24.6. The fraction of sp³-hybridized carbons (Fsp3) is 0.750. The number of carboxylic acids is 1. The quantitative estimate of drug-likeness (QED) is 0.426. The van der Waals surface area contributed by atoms with Gasteiger partial charge in [-0.3, -0.25) is 9.69 Å². The second-order valence-electron chi connectivity index (χ2n) is 3.15. The number of aliphatic carboxylic acids is 1. The van der Waals surface area contributed by atoms with Crippen LogP contribution in [0.5, 0.6) is 0 Å². The van der Waals surface area contributed by atoms with Crippen molar-refractivity contribution >= 4 is 11.9 Å². The van der Waals surface area contributed by atoms with Crippen molar-refractivity contribution in [2.75, 3.05) is 32.7 Å². The van der Waals surface area contributed by atoms with Gasteiger partial charge in [0, 0.05) is 39.6 Å². The van der Waals surface area contributed by atoms with Gasteiger partial charge in [0.05, 0.1) is 5.97 Å². The summed E-state index contributed by atoms with van der Waals surface area (Å²) in [6, 6.07) is 0. The largest absolute Gasteiger partial charge is 1.00 e. The fourth-order valence-corrected chi connectivity index (χ4v) is 1.40. The molecule has 0 unspecified atom stereocenters. The number of hydrogen-bond donors (Lipinski definition) is 0. The minimum Gasteiger partial charge on any atom is -0.549 e. The van der Waals surface area contributed by atoms with E-state index in [0.717, 1.165) is 0 Å². The molecule has 6 heteroatoms. The fourth-order valence-electron chi connectivity index (χ4n) is 1.40. The van der Waals surface area contributed by atoms with Crippen LogP contribution in [-0.2, 0) is 9.59 Å². The number of hydrogen-bond acceptors (Lipinski definition) is 4. The van der Waals surface area contributed by atoms with E-state index in [1.165, 1.54) is 6.92 Å². The van der Waals surface area contributed by atoms with Crippen LogP contribution in [0.15, 0.2) is 0 Å². The van der Waals surface area contributed by atoms with E-state index in [1.54, 1.807) is 9.80 Å². The predicted molar refractivity (Wildman–Crippen MR) is 43.7 cm³/mol. The number of rotatable bonds is 2. The Bertz CT molecular complexity index is 215. The Morgan fingerprint density at radius 1 is 1.21 bits per heavy atom. The first kappa shape index (κ1) is 13.9. The third kappa shape index (κ3) is 4.41. The maximum absolute atomic E-state index is 10.9. The molecule has 0 aromatic carbocycles. The number of amides is 1. The van der Waals surface area contributed by atoms with Gasteiger partial charge in [-0.05, 0) is 0 Å². The molecule has 1 rings (SSSR count). The Hall–Kier alpha value is -0.100. The van der Waals surface area contributed by atoms with Crippen molar-refractivity contribution in [1.82, 2.24) is 9.80 Å². The van der Waals surface area contributed by atoms with Crippen LogP contribution in [0.1, 0.15) is 6.92 Å². The minimum absolute atomic E-state index is 0. The van der Waals surface area contributed by atoms with Crippen LogP contribution in [0.25, 0.3) is 0 Å². The van der Waals surface area contributed by atoms with E-state index in [0.29, 0.717) is 26.2 Å². The Labute approximate surface area is 105 Å². The summed E-state index contributed by atoms with van der Waals surface area (Å²) in [5.74, 6) is -1.01. The molecular weight excluding hydrogens is 195 g/mol. The van der Waals surface area contributed by atoms with E-state index in [-0.39, 0.29) is 42.0 Å². The molecule has 0 spiro atoms. The van der Waals surface area contributed by atoms with Crippen LogP contribution in [0.4, 0.5) is 0 Å². The first-order valence-corrected chi connectivity index (χ1v) is 4.27. The number of nitrogens with zero attached hydrogens (tertiary/aromatic N) is 2. The van der Waals surface area contributed by atoms with Gasteiger partial charge in [0.25, 0.3) is 0 Å². The maximum atomic E-state index is 10.9. The summed E-state index contributed by atoms with van der Waals surface area (Å²) in [5.41, 5.74) is 0. The molecule has 74 valence electrons. The van der Waals surface area contributed by atoms with E-state index in [2.05, 4.69) is 0 Å². The van der Waals surface area contributed by atoms with Crippen LogP contribution in [0.2, 0.25) is 0 Å². The van der Waals surface area contributed by atoms with Gasteiger partial charge < -0.3 is 14.8 Å². The van der Waals surface area contributed by atoms with Gasteiger partial charge in [-0.2, -0.15) is 0 Å². The molecule has 0 saturated carbocycles. The number of piperazine rings is 1. The van der Waals surface area contributed by atoms with Crippen molar-refractivity contribution < 1.29 is 44.3 Å². The molecule has 5 nitrogen and oxygen atoms in total. The van der Waals surface area contributed by atoms with Gasteiger partial charge in [0.15, 0.2) is 0 Å². The summed E-state index contributed by atoms with van der Waals surface area (Å²) in [5, 5.41) is 10.2. The topological polar surface area (TPSA) is 63.7 Å². The van der Waals surface area contributed by atoms with Crippen LogP contribution >= 0.6 is 0 Å². The molecule has 0 atom stereocenters. The summed E-state index contributed by atoms with van der Waals surface area (Å²) < 4.78 is 0. The first-order valence-electron chi connectivity index (χ1n) is 4.27. The van der Waals surface area contributed by atoms with Crippen molar-refractivity contribution in [3.63, 3.8) is 0 Å². The van der Waals surface area contributed by atoms with Gasteiger partial charge in [0.1, 0.15) is 0 Å². The van der Waals surface area contributed by atoms with Gasteiger partial charge in [0.2, 0.25) is 5.91 Å². The van der Waals surface area contributed by atoms with E-state index in [4.69, 9.17) is 0 Å². The summed E-state index contributed by atoms with van der Waals surface area (Å²) in [6.07, 6.45) is 0. The van der Waals surface area contributed by atoms with Gasteiger partial charge in [-0.25, -0.2) is 0 Å². The zero-order chi connectivity index (χ0) is 9.84. The first-order chi connectivity index (χ1) is 6.09. The molecule has 0 aliphatic carbocycles. The zero-order valence-corrected chi connectivity index (χ0v) is 10.7. The van der Waals surface area contributed by atoms with Crippen molar-refractivity contribution in [3.05, 3.63) is 0 Å². The van der Waals surface area contributed by atoms with Crippen molar-refractivity contribution in [1.29, 1.82) is 0 Å². The average Bonchev–Trinajstić information content (AvgIpc) is 2.04. The van der Waals surface area contributed by atoms with Crippen molar-refractivity contribution in [2.24, 2.45) is 0 Å². The van der Waals surface area contributed by atoms with Crippen LogP contribution in [0, 0.1) is 0 Å². The van der Waals surface area contributed by atoms with E-state index in [1.807, 2.05) is 0 Å². The standard InChI is InChI=1S/C8H14N2O3.Na/c1-7(11)10-4-2-9(3-5-10)6-8(12)13;/h2-6H2,1H3,(H,12,13);/q;+1/p-1. The maximum Gasteiger partial charge on any atom is 1.00 e. The summed E-state index contributed by atoms with van der Waals surface area (Å²) in [7, 11) is 0. The molecule has 1 fully saturated rings. The predicted octanol–water partition coefficient (Wildman–Crippen LogP) is -5.10. The molecule has 1 aliphatic rings. The van der Waals surface area contributed by atoms with Crippen molar-refractivity contribution in [2.45, 2.75) is 6.92 Å². The van der Waals surface area contributed by atoms with Gasteiger partial charge in [-0.1, -0.05) is 0 Å². The van der Waals surface area contributed by atoms with Crippen LogP contribution in [0.3, 0.4) is 0 Å². The minimum atomic E-state index is -1.06. The van der Waals surface area contributed by atoms with Crippen LogP contribution in [-0.4, -0.2) is 54.4 Å². The summed E-state index contributed by atoms with van der Waals surface area (Å²) in [6.45, 7) is 3.95. The molecule has 0 bridgehead atoms. The van der Waals surface area contributed by atoms with Gasteiger partial charge >= 0.3 is 29.6 Å². The second-order valence-corrected chi connectivity index (χ2v) is 3.15. The molecule has 1 heterocycles. The van der Waals surface area contributed by atoms with E-state index in [9.17, 15) is 14.7 Å². The Balaban J connectivity index is 0.00000169. The zero-order valence-electron chi connectivity index (χ0n) is 8.65. The smallest absolute Gasteiger partial charge is 0.549 e. The van der Waals surface area contributed by atoms with E-state index < -0.39 is 5.97 Å². The summed E-state index contributed by atoms with van der Waals surface area (Å²) >= 11 is 0. The molecule has 1 aliphatic heterocycles. The average molecular weight is 208 g/mol. The van der Waals surface area contributed by atoms with Gasteiger partial charge in [-0.15, -0.1) is 0 Å². The molecule has 1 saturated heterocycles. The molecular formula is C8H13N2NaO3. The molecule has 1 amide bonds.